The highest BCUT2D eigenvalue weighted by Crippen LogP contribution is 2.44. The molecule has 0 amide bonds. The number of rotatable bonds is 1. The van der Waals surface area contributed by atoms with E-state index in [0.717, 1.165) is 5.56 Å². The van der Waals surface area contributed by atoms with Crippen molar-refractivity contribution in [2.24, 2.45) is 0 Å². The van der Waals surface area contributed by atoms with E-state index in [4.69, 9.17) is 14.2 Å². The van der Waals surface area contributed by atoms with Gasteiger partial charge in [-0.1, -0.05) is 6.07 Å². The van der Waals surface area contributed by atoms with Gasteiger partial charge in [0.15, 0.2) is 17.3 Å². The van der Waals surface area contributed by atoms with Gasteiger partial charge in [-0.2, -0.15) is 0 Å². The number of hydrogen-bond acceptors (Lipinski definition) is 6. The van der Waals surface area contributed by atoms with E-state index in [0.29, 0.717) is 22.6 Å². The molecule has 0 saturated carbocycles. The van der Waals surface area contributed by atoms with E-state index in [1.54, 1.807) is 32.1 Å². The Morgan fingerprint density at radius 1 is 1.00 bits per heavy atom. The molecule has 2 heterocycles. The smallest absolute Gasteiger partial charge is 0.231 e. The lowest BCUT2D eigenvalue weighted by Crippen LogP contribution is -2.20. The third-order valence-electron chi connectivity index (χ3n) is 4.50. The molecule has 2 aromatic carbocycles. The molecule has 0 spiro atoms. The van der Waals surface area contributed by atoms with Crippen LogP contribution in [0.2, 0.25) is 0 Å². The second-order valence-electron chi connectivity index (χ2n) is 6.05. The minimum atomic E-state index is -0.317. The summed E-state index contributed by atoms with van der Waals surface area (Å²) in [6.07, 6.45) is 1.70. The lowest BCUT2D eigenvalue weighted by molar-refractivity contribution is 0.0996. The van der Waals surface area contributed by atoms with Crippen molar-refractivity contribution in [1.29, 1.82) is 0 Å². The second-order valence-corrected chi connectivity index (χ2v) is 6.05. The molecule has 128 valence electrons. The Hall–Kier alpha value is -3.15. The number of hydrogen-bond donors (Lipinski definition) is 2. The van der Waals surface area contributed by atoms with Crippen LogP contribution in [0, 0.1) is 13.8 Å². The molecule has 2 N–H and O–H groups in total. The molecule has 4 rings (SSSR count). The maximum absolute atomic E-state index is 12.8. The van der Waals surface area contributed by atoms with Crippen LogP contribution in [-0.2, 0) is 0 Å². The number of aromatic hydroxyl groups is 2. The summed E-state index contributed by atoms with van der Waals surface area (Å²) in [5.41, 5.74) is 1.97. The van der Waals surface area contributed by atoms with E-state index in [-0.39, 0.29) is 47.6 Å². The molecule has 0 atom stereocenters. The summed E-state index contributed by atoms with van der Waals surface area (Å²) >= 11 is 0. The Kier molecular flexibility index (Phi) is 3.35. The van der Waals surface area contributed by atoms with Gasteiger partial charge in [0.05, 0.1) is 0 Å². The Morgan fingerprint density at radius 3 is 2.56 bits per heavy atom. The van der Waals surface area contributed by atoms with Crippen LogP contribution >= 0.6 is 0 Å². The van der Waals surface area contributed by atoms with Crippen molar-refractivity contribution in [3.8, 4) is 28.7 Å². The zero-order valence-corrected chi connectivity index (χ0v) is 13.8. The number of carbonyl (C=O) groups is 1. The molecule has 25 heavy (non-hydrogen) atoms. The molecule has 2 aromatic rings. The van der Waals surface area contributed by atoms with E-state index >= 15 is 0 Å². The minimum absolute atomic E-state index is 0.0586. The minimum Gasteiger partial charge on any atom is -0.507 e. The van der Waals surface area contributed by atoms with Crippen molar-refractivity contribution in [2.75, 3.05) is 13.4 Å². The number of phenolic OH excluding ortho intramolecular Hbond substituents is 2. The van der Waals surface area contributed by atoms with Gasteiger partial charge in [-0.25, -0.2) is 0 Å². The molecular weight excluding hydrogens is 324 g/mol. The third-order valence-corrected chi connectivity index (χ3v) is 4.50. The molecule has 0 aliphatic carbocycles. The van der Waals surface area contributed by atoms with Gasteiger partial charge in [-0.05, 0) is 37.6 Å². The first kappa shape index (κ1) is 15.4. The summed E-state index contributed by atoms with van der Waals surface area (Å²) in [6, 6.07) is 5.38. The third kappa shape index (κ3) is 2.29. The van der Waals surface area contributed by atoms with E-state index in [9.17, 15) is 15.0 Å². The van der Waals surface area contributed by atoms with Crippen molar-refractivity contribution < 1.29 is 29.2 Å². The Labute approximate surface area is 143 Å². The number of Topliss-reactive ketones (excluding diaryl/α,β-unsaturated/α-hetero) is 1. The average Bonchev–Trinajstić information content (AvgIpc) is 3.07. The fourth-order valence-electron chi connectivity index (χ4n) is 3.06. The largest absolute Gasteiger partial charge is 0.507 e. The van der Waals surface area contributed by atoms with Crippen molar-refractivity contribution >= 4 is 11.9 Å². The van der Waals surface area contributed by atoms with Gasteiger partial charge in [-0.15, -0.1) is 0 Å². The van der Waals surface area contributed by atoms with Crippen LogP contribution in [0.5, 0.6) is 28.7 Å². The summed E-state index contributed by atoms with van der Waals surface area (Å²) in [6.45, 7) is 3.45. The standard InChI is InChI=1S/C19H16O6/c1-9-16(20)10(2)19-15(17(9)21)18(22)12(7-23-19)5-11-3-4-13-14(6-11)25-8-24-13/h3-6,20-21H,7-8H2,1-2H3/b12-5-. The van der Waals surface area contributed by atoms with Crippen molar-refractivity contribution in [1.82, 2.24) is 0 Å². The van der Waals surface area contributed by atoms with Gasteiger partial charge in [0, 0.05) is 16.7 Å². The Morgan fingerprint density at radius 2 is 1.76 bits per heavy atom. The lowest BCUT2D eigenvalue weighted by Gasteiger charge is -2.23. The highest BCUT2D eigenvalue weighted by Gasteiger charge is 2.31. The zero-order valence-electron chi connectivity index (χ0n) is 13.8. The van der Waals surface area contributed by atoms with Gasteiger partial charge in [0.1, 0.15) is 29.4 Å². The van der Waals surface area contributed by atoms with E-state index < -0.39 is 0 Å². The van der Waals surface area contributed by atoms with Gasteiger partial charge < -0.3 is 24.4 Å². The molecule has 6 heteroatoms. The molecular formula is C19H16O6. The number of ether oxygens (including phenoxy) is 3. The van der Waals surface area contributed by atoms with E-state index in [1.807, 2.05) is 6.07 Å². The second kappa shape index (κ2) is 5.44. The van der Waals surface area contributed by atoms with E-state index in [1.165, 1.54) is 0 Å². The normalized spacial score (nSPS) is 16.7. The molecule has 2 aliphatic rings. The molecule has 0 radical (unpaired) electrons. The fourth-order valence-corrected chi connectivity index (χ4v) is 3.06. The van der Waals surface area contributed by atoms with Crippen LogP contribution in [0.25, 0.3) is 6.08 Å². The summed E-state index contributed by atoms with van der Waals surface area (Å²) in [4.78, 5) is 12.8. The predicted molar refractivity (Wildman–Crippen MR) is 89.6 cm³/mol. The SMILES string of the molecule is Cc1c(O)c(C)c2c(c1O)C(=O)/C(=C\c1ccc3c(c1)OCO3)CO2. The summed E-state index contributed by atoms with van der Waals surface area (Å²) < 4.78 is 16.3. The van der Waals surface area contributed by atoms with Crippen LogP contribution < -0.4 is 14.2 Å². The van der Waals surface area contributed by atoms with Crippen LogP contribution in [0.3, 0.4) is 0 Å². The first-order chi connectivity index (χ1) is 12.0. The van der Waals surface area contributed by atoms with E-state index in [2.05, 4.69) is 0 Å². The highest BCUT2D eigenvalue weighted by atomic mass is 16.7. The van der Waals surface area contributed by atoms with Crippen LogP contribution in [0.1, 0.15) is 27.0 Å². The maximum atomic E-state index is 12.8. The number of benzene rings is 2. The molecule has 0 unspecified atom stereocenters. The van der Waals surface area contributed by atoms with Gasteiger partial charge in [-0.3, -0.25) is 4.79 Å². The molecule has 0 aromatic heterocycles. The lowest BCUT2D eigenvalue weighted by atomic mass is 9.93. The van der Waals surface area contributed by atoms with Gasteiger partial charge >= 0.3 is 0 Å². The van der Waals surface area contributed by atoms with Crippen molar-refractivity contribution in [3.63, 3.8) is 0 Å². The van der Waals surface area contributed by atoms with Crippen molar-refractivity contribution in [3.05, 3.63) is 46.0 Å². The van der Waals surface area contributed by atoms with Gasteiger partial charge in [0.25, 0.3) is 0 Å². The predicted octanol–water partition coefficient (Wildman–Crippen LogP) is 3.10. The van der Waals surface area contributed by atoms with Crippen LogP contribution in [-0.4, -0.2) is 29.4 Å². The molecule has 2 aliphatic heterocycles. The zero-order chi connectivity index (χ0) is 17.7. The number of phenols is 2. The topological polar surface area (TPSA) is 85.2 Å². The molecule has 0 bridgehead atoms. The summed E-state index contributed by atoms with van der Waals surface area (Å²) in [5.74, 6) is 0.888. The fraction of sp³-hybridized carbons (Fsp3) is 0.211. The number of ketones is 1. The van der Waals surface area contributed by atoms with Gasteiger partial charge in [0.2, 0.25) is 6.79 Å². The molecule has 0 saturated heterocycles. The Balaban J connectivity index is 1.77. The average molecular weight is 340 g/mol. The molecule has 0 fully saturated rings. The first-order valence-electron chi connectivity index (χ1n) is 7.80. The molecule has 6 nitrogen and oxygen atoms in total. The number of fused-ring (bicyclic) bond motifs is 2. The number of carbonyl (C=O) groups excluding carboxylic acids is 1. The van der Waals surface area contributed by atoms with Crippen LogP contribution in [0.4, 0.5) is 0 Å². The summed E-state index contributed by atoms with van der Waals surface area (Å²) in [5, 5.41) is 20.3. The van der Waals surface area contributed by atoms with Crippen molar-refractivity contribution in [2.45, 2.75) is 13.8 Å². The monoisotopic (exact) mass is 340 g/mol. The summed E-state index contributed by atoms with van der Waals surface area (Å²) in [7, 11) is 0. The first-order valence-corrected chi connectivity index (χ1v) is 7.80. The quantitative estimate of drug-likeness (QED) is 0.776. The maximum Gasteiger partial charge on any atom is 0.231 e. The van der Waals surface area contributed by atoms with Crippen LogP contribution in [0.15, 0.2) is 23.8 Å². The highest BCUT2D eigenvalue weighted by molar-refractivity contribution is 6.16. The Bertz CT molecular complexity index is 942.